The summed E-state index contributed by atoms with van der Waals surface area (Å²) in [5, 5.41) is 6.27. The number of dihydropyridines is 1. The number of allylic oxidation sites excluding steroid dienone is 3. The van der Waals surface area contributed by atoms with Gasteiger partial charge in [-0.3, -0.25) is 4.90 Å². The Bertz CT molecular complexity index is 329. The molecule has 0 saturated carbocycles. The topological polar surface area (TPSA) is 47.9 Å². The van der Waals surface area contributed by atoms with E-state index in [-0.39, 0.29) is 0 Å². The van der Waals surface area contributed by atoms with Crippen molar-refractivity contribution in [2.75, 3.05) is 45.8 Å². The lowest BCUT2D eigenvalue weighted by atomic mass is 10.2. The molecule has 2 heterocycles. The zero-order chi connectivity index (χ0) is 12.1. The predicted octanol–water partition coefficient (Wildman–Crippen LogP) is 0.761. The fraction of sp³-hybridized carbons (Fsp3) is 0.667. The van der Waals surface area contributed by atoms with Crippen LogP contribution in [0, 0.1) is 4.91 Å². The molecule has 0 unspecified atom stereocenters. The molecule has 5 nitrogen and oxygen atoms in total. The first kappa shape index (κ1) is 12.1. The fourth-order valence-corrected chi connectivity index (χ4v) is 2.23. The van der Waals surface area contributed by atoms with Crippen molar-refractivity contribution in [3.8, 4) is 0 Å². The van der Waals surface area contributed by atoms with E-state index < -0.39 is 0 Å². The number of piperazine rings is 1. The molecule has 0 bridgehead atoms. The highest BCUT2D eigenvalue weighted by Gasteiger charge is 2.18. The largest absolute Gasteiger partial charge is 0.383 e. The molecule has 0 amide bonds. The summed E-state index contributed by atoms with van der Waals surface area (Å²) in [6.07, 6.45) is 4.33. The standard InChI is InChI=1S/C12H20N4O/c1-11-2-3-12(10-13-11)16-8-6-15(7-9-16)5-4-14-17/h2-3,13H,4-10H2,1H3. The van der Waals surface area contributed by atoms with Gasteiger partial charge in [0, 0.05) is 44.1 Å². The van der Waals surface area contributed by atoms with Crippen molar-refractivity contribution in [3.05, 3.63) is 28.5 Å². The molecule has 0 aromatic rings. The van der Waals surface area contributed by atoms with Crippen molar-refractivity contribution in [2.24, 2.45) is 5.18 Å². The minimum absolute atomic E-state index is 0.409. The average molecular weight is 236 g/mol. The van der Waals surface area contributed by atoms with Crippen molar-refractivity contribution < 1.29 is 0 Å². The van der Waals surface area contributed by atoms with E-state index in [0.29, 0.717) is 6.54 Å². The van der Waals surface area contributed by atoms with Gasteiger partial charge in [0.25, 0.3) is 0 Å². The third-order valence-corrected chi connectivity index (χ3v) is 3.36. The minimum Gasteiger partial charge on any atom is -0.383 e. The van der Waals surface area contributed by atoms with Crippen LogP contribution in [0.4, 0.5) is 0 Å². The summed E-state index contributed by atoms with van der Waals surface area (Å²) < 4.78 is 0. The van der Waals surface area contributed by atoms with Gasteiger partial charge in [-0.05, 0) is 19.1 Å². The van der Waals surface area contributed by atoms with Gasteiger partial charge >= 0.3 is 0 Å². The minimum atomic E-state index is 0.409. The molecular weight excluding hydrogens is 216 g/mol. The summed E-state index contributed by atoms with van der Waals surface area (Å²) in [6.45, 7) is 8.35. The van der Waals surface area contributed by atoms with E-state index in [0.717, 1.165) is 39.3 Å². The molecule has 2 rings (SSSR count). The van der Waals surface area contributed by atoms with E-state index in [9.17, 15) is 4.91 Å². The van der Waals surface area contributed by atoms with E-state index in [2.05, 4.69) is 39.4 Å². The number of nitrogens with one attached hydrogen (secondary N) is 1. The lowest BCUT2D eigenvalue weighted by Gasteiger charge is -2.37. The molecule has 2 aliphatic heterocycles. The molecule has 0 spiro atoms. The number of nitroso groups, excluding NO2 is 1. The third-order valence-electron chi connectivity index (χ3n) is 3.36. The highest BCUT2D eigenvalue weighted by atomic mass is 16.3. The Balaban J connectivity index is 1.81. The highest BCUT2D eigenvalue weighted by molar-refractivity contribution is 5.22. The number of nitrogens with zero attached hydrogens (tertiary/aromatic N) is 3. The van der Waals surface area contributed by atoms with Gasteiger partial charge in [-0.1, -0.05) is 5.18 Å². The van der Waals surface area contributed by atoms with Crippen molar-refractivity contribution in [1.82, 2.24) is 15.1 Å². The fourth-order valence-electron chi connectivity index (χ4n) is 2.23. The molecule has 1 saturated heterocycles. The Kier molecular flexibility index (Phi) is 4.14. The Labute approximate surface area is 102 Å². The predicted molar refractivity (Wildman–Crippen MR) is 68.5 cm³/mol. The van der Waals surface area contributed by atoms with Gasteiger partial charge in [0.1, 0.15) is 0 Å². The van der Waals surface area contributed by atoms with Gasteiger partial charge < -0.3 is 10.2 Å². The molecule has 0 aromatic carbocycles. The summed E-state index contributed by atoms with van der Waals surface area (Å²) in [5.74, 6) is 0. The molecule has 0 radical (unpaired) electrons. The smallest absolute Gasteiger partial charge is 0.0938 e. The van der Waals surface area contributed by atoms with Gasteiger partial charge in [-0.2, -0.15) is 4.91 Å². The molecule has 5 heteroatoms. The van der Waals surface area contributed by atoms with Gasteiger partial charge in [-0.25, -0.2) is 0 Å². The second kappa shape index (κ2) is 5.82. The van der Waals surface area contributed by atoms with Crippen LogP contribution >= 0.6 is 0 Å². The Morgan fingerprint density at radius 1 is 1.29 bits per heavy atom. The first-order valence-electron chi connectivity index (χ1n) is 6.17. The SMILES string of the molecule is CC1=CC=C(N2CCN(CCN=O)CC2)CN1. The molecular formula is C12H20N4O. The van der Waals surface area contributed by atoms with Crippen LogP contribution in [-0.2, 0) is 0 Å². The summed E-state index contributed by atoms with van der Waals surface area (Å²) in [5.41, 5.74) is 2.59. The van der Waals surface area contributed by atoms with E-state index in [1.807, 2.05) is 0 Å². The van der Waals surface area contributed by atoms with Crippen LogP contribution < -0.4 is 5.32 Å². The van der Waals surface area contributed by atoms with Crippen LogP contribution in [0.5, 0.6) is 0 Å². The lowest BCUT2D eigenvalue weighted by Crippen LogP contribution is -2.47. The maximum atomic E-state index is 10.1. The first-order valence-corrected chi connectivity index (χ1v) is 6.17. The monoisotopic (exact) mass is 236 g/mol. The van der Waals surface area contributed by atoms with Crippen LogP contribution in [0.2, 0.25) is 0 Å². The molecule has 1 fully saturated rings. The van der Waals surface area contributed by atoms with Gasteiger partial charge in [0.15, 0.2) is 0 Å². The molecule has 0 atom stereocenters. The molecule has 2 aliphatic rings. The number of hydrogen-bond donors (Lipinski definition) is 1. The maximum absolute atomic E-state index is 10.1. The van der Waals surface area contributed by atoms with Gasteiger partial charge in [0.2, 0.25) is 0 Å². The van der Waals surface area contributed by atoms with Crippen molar-refractivity contribution in [3.63, 3.8) is 0 Å². The van der Waals surface area contributed by atoms with Gasteiger partial charge in [0.05, 0.1) is 13.1 Å². The second-order valence-corrected chi connectivity index (χ2v) is 4.54. The molecule has 0 aromatic heterocycles. The Morgan fingerprint density at radius 3 is 2.65 bits per heavy atom. The van der Waals surface area contributed by atoms with Crippen molar-refractivity contribution in [1.29, 1.82) is 0 Å². The first-order chi connectivity index (χ1) is 8.29. The third kappa shape index (κ3) is 3.30. The van der Waals surface area contributed by atoms with Crippen LogP contribution in [0.3, 0.4) is 0 Å². The van der Waals surface area contributed by atoms with E-state index in [1.165, 1.54) is 11.4 Å². The summed E-state index contributed by atoms with van der Waals surface area (Å²) in [4.78, 5) is 14.8. The highest BCUT2D eigenvalue weighted by Crippen LogP contribution is 2.12. The lowest BCUT2D eigenvalue weighted by molar-refractivity contribution is 0.160. The van der Waals surface area contributed by atoms with E-state index >= 15 is 0 Å². The van der Waals surface area contributed by atoms with Crippen LogP contribution in [0.15, 0.2) is 28.7 Å². The summed E-state index contributed by atoms with van der Waals surface area (Å²) in [6, 6.07) is 0. The summed E-state index contributed by atoms with van der Waals surface area (Å²) >= 11 is 0. The van der Waals surface area contributed by atoms with Crippen molar-refractivity contribution in [2.45, 2.75) is 6.92 Å². The Hall–Kier alpha value is -1.36. The molecule has 1 N–H and O–H groups in total. The normalized spacial score (nSPS) is 21.6. The second-order valence-electron chi connectivity index (χ2n) is 4.54. The Morgan fingerprint density at radius 2 is 2.06 bits per heavy atom. The van der Waals surface area contributed by atoms with Crippen molar-refractivity contribution >= 4 is 0 Å². The van der Waals surface area contributed by atoms with Gasteiger partial charge in [-0.15, -0.1) is 0 Å². The maximum Gasteiger partial charge on any atom is 0.0938 e. The average Bonchev–Trinajstić information content (AvgIpc) is 2.38. The molecule has 0 aliphatic carbocycles. The molecule has 94 valence electrons. The van der Waals surface area contributed by atoms with Crippen LogP contribution in [0.1, 0.15) is 6.92 Å². The molecule has 17 heavy (non-hydrogen) atoms. The summed E-state index contributed by atoms with van der Waals surface area (Å²) in [7, 11) is 0. The van der Waals surface area contributed by atoms with Crippen LogP contribution in [0.25, 0.3) is 0 Å². The number of rotatable bonds is 4. The zero-order valence-electron chi connectivity index (χ0n) is 10.4. The van der Waals surface area contributed by atoms with E-state index in [4.69, 9.17) is 0 Å². The van der Waals surface area contributed by atoms with Crippen LogP contribution in [-0.4, -0.2) is 55.6 Å². The quantitative estimate of drug-likeness (QED) is 0.732. The zero-order valence-corrected chi connectivity index (χ0v) is 10.4. The number of hydrogen-bond acceptors (Lipinski definition) is 5. The van der Waals surface area contributed by atoms with E-state index in [1.54, 1.807) is 0 Å².